The Morgan fingerprint density at radius 2 is 1.15 bits per heavy atom. The molecule has 5 nitrogen and oxygen atoms in total. The summed E-state index contributed by atoms with van der Waals surface area (Å²) in [7, 11) is 0. The number of hydrogen-bond donors (Lipinski definition) is 0. The lowest BCUT2D eigenvalue weighted by molar-refractivity contribution is 0.716. The molecule has 250 valence electrons. The summed E-state index contributed by atoms with van der Waals surface area (Å²) < 4.78 is 4.74. The molecular weight excluding hydrogens is 679 g/mol. The van der Waals surface area contributed by atoms with E-state index in [2.05, 4.69) is 155 Å². The Balaban J connectivity index is 1.20. The third-order valence-electron chi connectivity index (χ3n) is 11.5. The van der Waals surface area contributed by atoms with Crippen molar-refractivity contribution in [3.8, 4) is 28.8 Å². The van der Waals surface area contributed by atoms with Crippen LogP contribution in [0, 0.1) is 11.3 Å². The van der Waals surface area contributed by atoms with E-state index in [-0.39, 0.29) is 0 Å². The van der Waals surface area contributed by atoms with Gasteiger partial charge in [-0.25, -0.2) is 0 Å². The molecule has 0 amide bonds. The number of aromatic nitrogens is 4. The minimum absolute atomic E-state index is 0.654. The average Bonchev–Trinajstić information content (AvgIpc) is 3.85. The van der Waals surface area contributed by atoms with Crippen LogP contribution in [-0.2, 0) is 5.41 Å². The molecule has 6 aromatic carbocycles. The monoisotopic (exact) mass is 705 g/mol. The number of fused-ring (bicyclic) bond motifs is 15. The van der Waals surface area contributed by atoms with Crippen molar-refractivity contribution >= 4 is 55.4 Å². The Morgan fingerprint density at radius 1 is 0.519 bits per heavy atom. The van der Waals surface area contributed by atoms with Crippen LogP contribution < -0.4 is 0 Å². The summed E-state index contributed by atoms with van der Waals surface area (Å²) in [6.07, 6.45) is 3.90. The van der Waals surface area contributed by atoms with Crippen LogP contribution in [0.15, 0.2) is 174 Å². The minimum atomic E-state index is -0.680. The molecule has 2 aliphatic rings. The van der Waals surface area contributed by atoms with Crippen molar-refractivity contribution in [2.75, 3.05) is 0 Å². The molecule has 12 rings (SSSR count). The number of nitriles is 1. The molecule has 0 saturated heterocycles. The van der Waals surface area contributed by atoms with Crippen LogP contribution in [0.4, 0.5) is 0 Å². The molecule has 4 aromatic heterocycles. The second kappa shape index (κ2) is 10.8. The number of nitrogens with zero attached hydrogens (tertiary/aromatic N) is 5. The highest BCUT2D eigenvalue weighted by Gasteiger charge is 2.52. The Bertz CT molecular complexity index is 3240. The highest BCUT2D eigenvalue weighted by Crippen LogP contribution is 2.62. The molecule has 5 heterocycles. The molecule has 0 radical (unpaired) electrons. The highest BCUT2D eigenvalue weighted by atomic mass is 32.2. The summed E-state index contributed by atoms with van der Waals surface area (Å²) in [5, 5.41) is 14.5. The van der Waals surface area contributed by atoms with E-state index in [1.165, 1.54) is 31.7 Å². The normalized spacial score (nSPS) is 15.4. The molecular formula is C48H27N5S. The zero-order valence-electron chi connectivity index (χ0n) is 28.7. The summed E-state index contributed by atoms with van der Waals surface area (Å²) in [5.41, 5.74) is 13.1. The van der Waals surface area contributed by atoms with Crippen molar-refractivity contribution in [3.05, 3.63) is 192 Å². The van der Waals surface area contributed by atoms with E-state index < -0.39 is 5.41 Å². The molecule has 1 spiro atoms. The maximum atomic E-state index is 9.83. The van der Waals surface area contributed by atoms with E-state index in [9.17, 15) is 5.26 Å². The first-order valence-electron chi connectivity index (χ1n) is 18.0. The number of benzene rings is 6. The van der Waals surface area contributed by atoms with Crippen LogP contribution in [0.1, 0.15) is 27.8 Å². The zero-order valence-corrected chi connectivity index (χ0v) is 29.5. The van der Waals surface area contributed by atoms with Crippen molar-refractivity contribution in [3.63, 3.8) is 0 Å². The van der Waals surface area contributed by atoms with Gasteiger partial charge in [-0.05, 0) is 77.4 Å². The molecule has 10 aromatic rings. The largest absolute Gasteiger partial charge is 0.308 e. The lowest BCUT2D eigenvalue weighted by Crippen LogP contribution is -2.32. The van der Waals surface area contributed by atoms with Crippen LogP contribution in [0.25, 0.3) is 66.4 Å². The van der Waals surface area contributed by atoms with Crippen molar-refractivity contribution in [2.24, 2.45) is 0 Å². The fourth-order valence-corrected chi connectivity index (χ4v) is 10.7. The van der Waals surface area contributed by atoms with Crippen LogP contribution in [0.5, 0.6) is 0 Å². The molecule has 1 unspecified atom stereocenters. The molecule has 0 fully saturated rings. The van der Waals surface area contributed by atoms with E-state index in [0.717, 1.165) is 66.7 Å². The molecule has 1 aliphatic heterocycles. The lowest BCUT2D eigenvalue weighted by atomic mass is 9.67. The van der Waals surface area contributed by atoms with Crippen molar-refractivity contribution in [2.45, 2.75) is 15.2 Å². The van der Waals surface area contributed by atoms with Crippen LogP contribution in [0.3, 0.4) is 0 Å². The molecule has 0 bridgehead atoms. The van der Waals surface area contributed by atoms with Gasteiger partial charge >= 0.3 is 0 Å². The summed E-state index contributed by atoms with van der Waals surface area (Å²) in [5.74, 6) is 0. The van der Waals surface area contributed by atoms with Gasteiger partial charge in [0.05, 0.1) is 68.1 Å². The van der Waals surface area contributed by atoms with Crippen LogP contribution >= 0.6 is 11.8 Å². The average molecular weight is 706 g/mol. The molecule has 1 aliphatic carbocycles. The van der Waals surface area contributed by atoms with E-state index in [4.69, 9.17) is 9.97 Å². The van der Waals surface area contributed by atoms with Gasteiger partial charge in [0.25, 0.3) is 0 Å². The topological polar surface area (TPSA) is 59.4 Å². The van der Waals surface area contributed by atoms with Crippen molar-refractivity contribution in [1.82, 2.24) is 19.1 Å². The SMILES string of the molecule is N#Cc1ccc2c(c1)c1ccccc1n2-c1cccc2c1Sc1ccccc1C21c2cccnc2-c2ncc(-n3c4ccccc4c4ccccc43)cc21. The van der Waals surface area contributed by atoms with Gasteiger partial charge in [0.2, 0.25) is 0 Å². The first kappa shape index (κ1) is 29.6. The van der Waals surface area contributed by atoms with Gasteiger partial charge in [0.1, 0.15) is 0 Å². The predicted molar refractivity (Wildman–Crippen MR) is 217 cm³/mol. The Morgan fingerprint density at radius 3 is 1.93 bits per heavy atom. The molecule has 54 heavy (non-hydrogen) atoms. The highest BCUT2D eigenvalue weighted by molar-refractivity contribution is 7.99. The number of para-hydroxylation sites is 3. The Hall–Kier alpha value is -6.94. The second-order valence-electron chi connectivity index (χ2n) is 14.1. The van der Waals surface area contributed by atoms with Crippen LogP contribution in [0.2, 0.25) is 0 Å². The summed E-state index contributed by atoms with van der Waals surface area (Å²) in [6, 6.07) is 56.5. The number of rotatable bonds is 2. The van der Waals surface area contributed by atoms with Crippen molar-refractivity contribution in [1.29, 1.82) is 5.26 Å². The van der Waals surface area contributed by atoms with E-state index in [1.807, 2.05) is 36.3 Å². The molecule has 6 heteroatoms. The third-order valence-corrected chi connectivity index (χ3v) is 12.7. The summed E-state index contributed by atoms with van der Waals surface area (Å²) >= 11 is 1.83. The van der Waals surface area contributed by atoms with Gasteiger partial charge in [0.15, 0.2) is 0 Å². The van der Waals surface area contributed by atoms with Crippen LogP contribution in [-0.4, -0.2) is 19.1 Å². The van der Waals surface area contributed by atoms with E-state index in [1.54, 1.807) is 0 Å². The standard InChI is InChI=1S/C48H27N5S/c49-27-29-22-23-42-34(25-29)33-13-3-7-19-41(33)53(42)43-20-9-15-37-47(43)54-44-21-8-4-14-35(44)48(37)36-16-10-24-50-45(36)46-38(48)26-30(28-51-46)52-39-17-5-1-11-31(39)32-12-2-6-18-40(32)52/h1-26,28H. The zero-order chi connectivity index (χ0) is 35.5. The lowest BCUT2D eigenvalue weighted by Gasteiger charge is -2.40. The van der Waals surface area contributed by atoms with Gasteiger partial charge in [-0.3, -0.25) is 9.97 Å². The Kier molecular flexibility index (Phi) is 5.92. The molecule has 0 N–H and O–H groups in total. The van der Waals surface area contributed by atoms with Gasteiger partial charge in [-0.15, -0.1) is 0 Å². The maximum Gasteiger partial charge on any atom is 0.0991 e. The van der Waals surface area contributed by atoms with E-state index >= 15 is 0 Å². The fraction of sp³-hybridized carbons (Fsp3) is 0.0208. The second-order valence-corrected chi connectivity index (χ2v) is 15.1. The predicted octanol–water partition coefficient (Wildman–Crippen LogP) is 11.4. The van der Waals surface area contributed by atoms with Gasteiger partial charge in [0, 0.05) is 43.1 Å². The third kappa shape index (κ3) is 3.69. The van der Waals surface area contributed by atoms with Gasteiger partial charge in [-0.2, -0.15) is 5.26 Å². The summed E-state index contributed by atoms with van der Waals surface area (Å²) in [4.78, 5) is 12.8. The van der Waals surface area contributed by atoms with Crippen molar-refractivity contribution < 1.29 is 0 Å². The Labute approximate surface area is 314 Å². The first-order valence-corrected chi connectivity index (χ1v) is 18.9. The summed E-state index contributed by atoms with van der Waals surface area (Å²) in [6.45, 7) is 0. The number of pyridine rings is 2. The van der Waals surface area contributed by atoms with E-state index in [0.29, 0.717) is 5.56 Å². The maximum absolute atomic E-state index is 9.83. The van der Waals surface area contributed by atoms with Gasteiger partial charge in [-0.1, -0.05) is 103 Å². The fourth-order valence-electron chi connectivity index (χ4n) is 9.40. The minimum Gasteiger partial charge on any atom is -0.308 e. The molecule has 0 saturated carbocycles. The van der Waals surface area contributed by atoms with Gasteiger partial charge < -0.3 is 9.13 Å². The molecule has 1 atom stereocenters. The smallest absolute Gasteiger partial charge is 0.0991 e. The quantitative estimate of drug-likeness (QED) is 0.180. The first-order chi connectivity index (χ1) is 26.8. The number of hydrogen-bond acceptors (Lipinski definition) is 4.